The van der Waals surface area contributed by atoms with Crippen molar-refractivity contribution in [1.82, 2.24) is 5.32 Å². The van der Waals surface area contributed by atoms with Gasteiger partial charge >= 0.3 is 0 Å². The summed E-state index contributed by atoms with van der Waals surface area (Å²) in [4.78, 5) is 0. The van der Waals surface area contributed by atoms with E-state index in [1.54, 1.807) is 24.3 Å². The van der Waals surface area contributed by atoms with E-state index in [0.29, 0.717) is 15.6 Å². The van der Waals surface area contributed by atoms with Crippen molar-refractivity contribution < 1.29 is 10.2 Å². The third-order valence-corrected chi connectivity index (χ3v) is 3.97. The van der Waals surface area contributed by atoms with Gasteiger partial charge in [0.15, 0.2) is 0 Å². The zero-order valence-corrected chi connectivity index (χ0v) is 13.3. The lowest BCUT2D eigenvalue weighted by molar-refractivity contribution is 0.427. The van der Waals surface area contributed by atoms with Crippen LogP contribution in [0.5, 0.6) is 11.5 Å². The molecular weight excluding hydrogens is 309 g/mol. The number of halogens is 2. The Balaban J connectivity index is 2.16. The third kappa shape index (κ3) is 3.82. The Bertz CT molecular complexity index is 591. The smallest absolute Gasteiger partial charge is 0.124 e. The summed E-state index contributed by atoms with van der Waals surface area (Å²) in [6.07, 6.45) is 0. The minimum Gasteiger partial charge on any atom is -0.508 e. The van der Waals surface area contributed by atoms with Crippen LogP contribution in [0.4, 0.5) is 0 Å². The van der Waals surface area contributed by atoms with Gasteiger partial charge in [0.1, 0.15) is 11.5 Å². The second-order valence-electron chi connectivity index (χ2n) is 5.02. The van der Waals surface area contributed by atoms with Gasteiger partial charge < -0.3 is 15.5 Å². The molecule has 112 valence electrons. The first kappa shape index (κ1) is 16.0. The van der Waals surface area contributed by atoms with Gasteiger partial charge in [0.05, 0.1) is 0 Å². The predicted octanol–water partition coefficient (Wildman–Crippen LogP) is 4.82. The minimum absolute atomic E-state index is 0.0158. The van der Waals surface area contributed by atoms with Crippen molar-refractivity contribution in [3.63, 3.8) is 0 Å². The molecule has 2 aromatic carbocycles. The Kier molecular flexibility index (Phi) is 4.99. The largest absolute Gasteiger partial charge is 0.508 e. The fourth-order valence-corrected chi connectivity index (χ4v) is 2.88. The van der Waals surface area contributed by atoms with Gasteiger partial charge in [-0.25, -0.2) is 0 Å². The highest BCUT2D eigenvalue weighted by Gasteiger charge is 2.16. The maximum absolute atomic E-state index is 9.89. The molecule has 3 N–H and O–H groups in total. The number of phenolic OH excluding ortho intramolecular Hbond substituents is 2. The Morgan fingerprint density at radius 2 is 1.52 bits per heavy atom. The maximum Gasteiger partial charge on any atom is 0.124 e. The van der Waals surface area contributed by atoms with E-state index in [0.717, 1.165) is 5.56 Å². The number of aromatic hydroxyl groups is 2. The van der Waals surface area contributed by atoms with Crippen molar-refractivity contribution in [2.45, 2.75) is 25.9 Å². The van der Waals surface area contributed by atoms with Gasteiger partial charge in [0, 0.05) is 33.8 Å². The summed E-state index contributed by atoms with van der Waals surface area (Å²) >= 11 is 12.1. The summed E-state index contributed by atoms with van der Waals surface area (Å²) < 4.78 is 0. The molecule has 0 aliphatic carbocycles. The molecule has 0 saturated heterocycles. The number of benzene rings is 2. The van der Waals surface area contributed by atoms with Crippen LogP contribution in [-0.2, 0) is 0 Å². The van der Waals surface area contributed by atoms with Crippen molar-refractivity contribution >= 4 is 23.2 Å². The van der Waals surface area contributed by atoms with Gasteiger partial charge in [-0.05, 0) is 37.6 Å². The van der Waals surface area contributed by atoms with Gasteiger partial charge in [0.2, 0.25) is 0 Å². The first-order valence-electron chi connectivity index (χ1n) is 6.61. The average Bonchev–Trinajstić information content (AvgIpc) is 2.37. The number of rotatable bonds is 4. The molecule has 0 aliphatic heterocycles. The Hall–Kier alpha value is -1.42. The molecule has 2 unspecified atom stereocenters. The van der Waals surface area contributed by atoms with Crippen LogP contribution < -0.4 is 5.32 Å². The van der Waals surface area contributed by atoms with Crippen molar-refractivity contribution in [3.05, 3.63) is 57.6 Å². The SMILES string of the molecule is CC(NC(C)c1ccc(Cl)cc1Cl)c1ccc(O)cc1O. The third-order valence-electron chi connectivity index (χ3n) is 3.41. The Labute approximate surface area is 134 Å². The van der Waals surface area contributed by atoms with Gasteiger partial charge in [0.25, 0.3) is 0 Å². The summed E-state index contributed by atoms with van der Waals surface area (Å²) in [5, 5.41) is 23.8. The molecule has 0 aliphatic rings. The van der Waals surface area contributed by atoms with E-state index < -0.39 is 0 Å². The van der Waals surface area contributed by atoms with Crippen molar-refractivity contribution in [1.29, 1.82) is 0 Å². The van der Waals surface area contributed by atoms with Crippen LogP contribution in [0, 0.1) is 0 Å². The number of nitrogens with one attached hydrogen (secondary N) is 1. The molecule has 2 aromatic rings. The topological polar surface area (TPSA) is 52.5 Å². The molecule has 0 spiro atoms. The summed E-state index contributed by atoms with van der Waals surface area (Å²) in [6, 6.07) is 9.83. The van der Waals surface area contributed by atoms with E-state index in [9.17, 15) is 10.2 Å². The molecule has 0 amide bonds. The summed E-state index contributed by atoms with van der Waals surface area (Å²) in [7, 11) is 0. The minimum atomic E-state index is -0.104. The zero-order chi connectivity index (χ0) is 15.6. The highest BCUT2D eigenvalue weighted by Crippen LogP contribution is 2.31. The first-order valence-corrected chi connectivity index (χ1v) is 7.37. The molecule has 21 heavy (non-hydrogen) atoms. The molecule has 0 fully saturated rings. The molecule has 0 bridgehead atoms. The molecule has 0 radical (unpaired) electrons. The van der Waals surface area contributed by atoms with Crippen LogP contribution in [0.25, 0.3) is 0 Å². The van der Waals surface area contributed by atoms with E-state index in [4.69, 9.17) is 23.2 Å². The highest BCUT2D eigenvalue weighted by molar-refractivity contribution is 6.35. The molecule has 5 heteroatoms. The van der Waals surface area contributed by atoms with Gasteiger partial charge in [-0.3, -0.25) is 0 Å². The number of hydrogen-bond donors (Lipinski definition) is 3. The van der Waals surface area contributed by atoms with Crippen LogP contribution in [-0.4, -0.2) is 10.2 Å². The van der Waals surface area contributed by atoms with E-state index >= 15 is 0 Å². The zero-order valence-electron chi connectivity index (χ0n) is 11.8. The Morgan fingerprint density at radius 1 is 0.905 bits per heavy atom. The fourth-order valence-electron chi connectivity index (χ4n) is 2.31. The van der Waals surface area contributed by atoms with Crippen LogP contribution in [0.2, 0.25) is 10.0 Å². The molecule has 2 atom stereocenters. The first-order chi connectivity index (χ1) is 9.88. The predicted molar refractivity (Wildman–Crippen MR) is 86.2 cm³/mol. The van der Waals surface area contributed by atoms with Crippen LogP contribution in [0.1, 0.15) is 37.1 Å². The molecule has 2 rings (SSSR count). The summed E-state index contributed by atoms with van der Waals surface area (Å²) in [5.41, 5.74) is 1.65. The molecule has 3 nitrogen and oxygen atoms in total. The van der Waals surface area contributed by atoms with Gasteiger partial charge in [-0.2, -0.15) is 0 Å². The second-order valence-corrected chi connectivity index (χ2v) is 5.86. The fraction of sp³-hybridized carbons (Fsp3) is 0.250. The van der Waals surface area contributed by atoms with Crippen molar-refractivity contribution in [2.24, 2.45) is 0 Å². The summed E-state index contributed by atoms with van der Waals surface area (Å²) in [5.74, 6) is 0.0987. The van der Waals surface area contributed by atoms with Crippen molar-refractivity contribution in [2.75, 3.05) is 0 Å². The van der Waals surface area contributed by atoms with E-state index in [-0.39, 0.29) is 23.6 Å². The van der Waals surface area contributed by atoms with Crippen molar-refractivity contribution in [3.8, 4) is 11.5 Å². The monoisotopic (exact) mass is 325 g/mol. The number of phenols is 2. The van der Waals surface area contributed by atoms with Crippen LogP contribution in [0.3, 0.4) is 0 Å². The lowest BCUT2D eigenvalue weighted by atomic mass is 10.0. The lowest BCUT2D eigenvalue weighted by Crippen LogP contribution is -2.22. The van der Waals surface area contributed by atoms with Gasteiger partial charge in [-0.1, -0.05) is 35.3 Å². The van der Waals surface area contributed by atoms with Crippen LogP contribution in [0.15, 0.2) is 36.4 Å². The van der Waals surface area contributed by atoms with E-state index in [2.05, 4.69) is 5.32 Å². The summed E-state index contributed by atoms with van der Waals surface area (Å²) in [6.45, 7) is 3.93. The molecular formula is C16H17Cl2NO2. The normalized spacial score (nSPS) is 13.9. The number of hydrogen-bond acceptors (Lipinski definition) is 3. The quantitative estimate of drug-likeness (QED) is 0.755. The van der Waals surface area contributed by atoms with Crippen LogP contribution >= 0.6 is 23.2 Å². The average molecular weight is 326 g/mol. The van der Waals surface area contributed by atoms with E-state index in [1.165, 1.54) is 6.07 Å². The lowest BCUT2D eigenvalue weighted by Gasteiger charge is -2.22. The standard InChI is InChI=1S/C16H17Cl2NO2/c1-9(13-5-3-11(17)7-15(13)18)19-10(2)14-6-4-12(20)8-16(14)21/h3-10,19-21H,1-2H3. The maximum atomic E-state index is 9.89. The second kappa shape index (κ2) is 6.56. The Morgan fingerprint density at radius 3 is 2.14 bits per heavy atom. The molecule has 0 heterocycles. The molecule has 0 saturated carbocycles. The molecule has 0 aromatic heterocycles. The highest BCUT2D eigenvalue weighted by atomic mass is 35.5. The van der Waals surface area contributed by atoms with Gasteiger partial charge in [-0.15, -0.1) is 0 Å². The van der Waals surface area contributed by atoms with E-state index in [1.807, 2.05) is 19.9 Å².